The molecule has 1 aliphatic heterocycles. The second kappa shape index (κ2) is 0.445. The Morgan fingerprint density at radius 2 is 1.75 bits per heavy atom. The van der Waals surface area contributed by atoms with E-state index in [9.17, 15) is 0 Å². The zero-order valence-corrected chi connectivity index (χ0v) is 2.31. The Labute approximate surface area is 24.6 Å². The highest BCUT2D eigenvalue weighted by molar-refractivity contribution is 4.57. The van der Waals surface area contributed by atoms with Crippen molar-refractivity contribution in [1.82, 2.24) is 5.06 Å². The normalized spacial score (nSPS) is 26.2. The highest BCUT2D eigenvalue weighted by Gasteiger charge is 2.10. The maximum atomic E-state index is 8.00. The van der Waals surface area contributed by atoms with E-state index in [1.807, 2.05) is 0 Å². The average Bonchev–Trinajstić information content (AvgIpc) is 1.75. The van der Waals surface area contributed by atoms with Gasteiger partial charge in [-0.15, -0.1) is 0 Å². The summed E-state index contributed by atoms with van der Waals surface area (Å²) in [5.41, 5.74) is 0. The summed E-state index contributed by atoms with van der Waals surface area (Å²) >= 11 is 0. The fourth-order valence-electron chi connectivity index (χ4n) is 0.0447. The minimum Gasteiger partial charge on any atom is -0.314 e. The fourth-order valence-corrected chi connectivity index (χ4v) is 0.0447. The van der Waals surface area contributed by atoms with E-state index in [4.69, 9.17) is 5.21 Å². The average molecular weight is 59.1 g/mol. The van der Waals surface area contributed by atoms with E-state index in [0.717, 1.165) is 13.1 Å². The molecule has 1 saturated heterocycles. The summed E-state index contributed by atoms with van der Waals surface area (Å²) in [5, 5.41) is 9.25. The maximum absolute atomic E-state index is 8.00. The van der Waals surface area contributed by atoms with Crippen LogP contribution in [0.4, 0.5) is 0 Å². The van der Waals surface area contributed by atoms with Crippen LogP contribution in [-0.2, 0) is 0 Å². The highest BCUT2D eigenvalue weighted by atomic mass is 16.5. The quantitative estimate of drug-likeness (QED) is 0.387. The van der Waals surface area contributed by atoms with Gasteiger partial charge in [-0.2, -0.15) is 5.06 Å². The molecule has 24 valence electrons. The maximum Gasteiger partial charge on any atom is 0.0389 e. The summed E-state index contributed by atoms with van der Waals surface area (Å²) in [5.74, 6) is 0. The van der Waals surface area contributed by atoms with Crippen molar-refractivity contribution in [3.63, 3.8) is 0 Å². The van der Waals surface area contributed by atoms with Crippen LogP contribution in [0.5, 0.6) is 0 Å². The standard InChI is InChI=1S/C2H5NO/c4-3-1-2-3/h4H,1-2H2. The first-order chi connectivity index (χ1) is 1.89. The summed E-state index contributed by atoms with van der Waals surface area (Å²) in [4.78, 5) is 0. The molecule has 1 N–H and O–H groups in total. The van der Waals surface area contributed by atoms with Gasteiger partial charge in [0.15, 0.2) is 0 Å². The van der Waals surface area contributed by atoms with Crippen LogP contribution < -0.4 is 0 Å². The Balaban J connectivity index is 2.17. The summed E-state index contributed by atoms with van der Waals surface area (Å²) in [6, 6.07) is 0. The van der Waals surface area contributed by atoms with Crippen LogP contribution in [0.1, 0.15) is 0 Å². The van der Waals surface area contributed by atoms with Crippen LogP contribution in [0, 0.1) is 0 Å². The third kappa shape index (κ3) is 0.191. The topological polar surface area (TPSA) is 23.2 Å². The summed E-state index contributed by atoms with van der Waals surface area (Å²) in [6.45, 7) is 1.75. The molecule has 0 bridgehead atoms. The molecule has 0 aromatic heterocycles. The molecule has 1 aliphatic rings. The van der Waals surface area contributed by atoms with E-state index < -0.39 is 0 Å². The molecule has 2 heteroatoms. The van der Waals surface area contributed by atoms with Crippen molar-refractivity contribution >= 4 is 0 Å². The predicted molar refractivity (Wildman–Crippen MR) is 13.4 cm³/mol. The third-order valence-corrected chi connectivity index (χ3v) is 0.424. The Kier molecular flexibility index (Phi) is 0.242. The van der Waals surface area contributed by atoms with Gasteiger partial charge in [0.25, 0.3) is 0 Å². The van der Waals surface area contributed by atoms with Crippen molar-refractivity contribution in [2.24, 2.45) is 0 Å². The predicted octanol–water partition coefficient (Wildman–Crippen LogP) is -0.309. The van der Waals surface area contributed by atoms with Gasteiger partial charge in [0.2, 0.25) is 0 Å². The van der Waals surface area contributed by atoms with Gasteiger partial charge in [-0.25, -0.2) is 0 Å². The third-order valence-electron chi connectivity index (χ3n) is 0.424. The van der Waals surface area contributed by atoms with Gasteiger partial charge in [0.05, 0.1) is 0 Å². The highest BCUT2D eigenvalue weighted by Crippen LogP contribution is 1.92. The molecule has 0 aromatic rings. The van der Waals surface area contributed by atoms with Gasteiger partial charge in [0, 0.05) is 13.1 Å². The SMILES string of the molecule is ON1CC1. The Bertz CT molecular complexity index is 25.2. The molecule has 1 rings (SSSR count). The van der Waals surface area contributed by atoms with E-state index in [-0.39, 0.29) is 0 Å². The lowest BCUT2D eigenvalue weighted by Gasteiger charge is -1.67. The number of hydrogen-bond acceptors (Lipinski definition) is 2. The molecule has 0 spiro atoms. The lowest BCUT2D eigenvalue weighted by molar-refractivity contribution is 0.0349. The van der Waals surface area contributed by atoms with Crippen LogP contribution in [0.15, 0.2) is 0 Å². The van der Waals surface area contributed by atoms with Crippen LogP contribution in [-0.4, -0.2) is 23.4 Å². The van der Waals surface area contributed by atoms with Crippen LogP contribution in [0.25, 0.3) is 0 Å². The van der Waals surface area contributed by atoms with Crippen molar-refractivity contribution in [3.05, 3.63) is 0 Å². The number of hydroxylamine groups is 2. The Hall–Kier alpha value is -0.0800. The molecule has 0 amide bonds. The van der Waals surface area contributed by atoms with Gasteiger partial charge in [-0.3, -0.25) is 0 Å². The Morgan fingerprint density at radius 1 is 1.50 bits per heavy atom. The van der Waals surface area contributed by atoms with Crippen molar-refractivity contribution < 1.29 is 5.21 Å². The second-order valence-electron chi connectivity index (χ2n) is 0.954. The minimum absolute atomic E-state index is 0.875. The molecule has 0 atom stereocenters. The van der Waals surface area contributed by atoms with Gasteiger partial charge in [0.1, 0.15) is 0 Å². The molecule has 0 aliphatic carbocycles. The smallest absolute Gasteiger partial charge is 0.0389 e. The van der Waals surface area contributed by atoms with Crippen molar-refractivity contribution in [1.29, 1.82) is 0 Å². The lowest BCUT2D eigenvalue weighted by Crippen LogP contribution is -1.77. The summed E-state index contributed by atoms with van der Waals surface area (Å²) in [7, 11) is 0. The molecule has 0 radical (unpaired) electrons. The molecule has 4 heavy (non-hydrogen) atoms. The second-order valence-corrected chi connectivity index (χ2v) is 0.954. The first kappa shape index (κ1) is 2.18. The molecule has 1 heterocycles. The van der Waals surface area contributed by atoms with Crippen molar-refractivity contribution in [2.75, 3.05) is 13.1 Å². The van der Waals surface area contributed by atoms with E-state index in [2.05, 4.69) is 0 Å². The largest absolute Gasteiger partial charge is 0.314 e. The first-order valence-corrected chi connectivity index (χ1v) is 1.33. The Morgan fingerprint density at radius 3 is 1.75 bits per heavy atom. The van der Waals surface area contributed by atoms with Gasteiger partial charge in [-0.05, 0) is 0 Å². The zero-order chi connectivity index (χ0) is 2.99. The van der Waals surface area contributed by atoms with Crippen LogP contribution in [0.2, 0.25) is 0 Å². The zero-order valence-electron chi connectivity index (χ0n) is 2.31. The van der Waals surface area contributed by atoms with Crippen molar-refractivity contribution in [2.45, 2.75) is 0 Å². The first-order valence-electron chi connectivity index (χ1n) is 1.33. The molecule has 2 nitrogen and oxygen atoms in total. The van der Waals surface area contributed by atoms with Gasteiger partial charge >= 0.3 is 0 Å². The fraction of sp³-hybridized carbons (Fsp3) is 1.00. The summed E-state index contributed by atoms with van der Waals surface area (Å²) < 4.78 is 0. The molecular formula is C2H5NO. The van der Waals surface area contributed by atoms with Crippen LogP contribution in [0.3, 0.4) is 0 Å². The monoisotopic (exact) mass is 59.0 g/mol. The number of hydrogen-bond donors (Lipinski definition) is 1. The van der Waals surface area contributed by atoms with E-state index in [1.54, 1.807) is 0 Å². The van der Waals surface area contributed by atoms with Gasteiger partial charge in [-0.1, -0.05) is 0 Å². The molecule has 0 unspecified atom stereocenters. The van der Waals surface area contributed by atoms with E-state index in [1.165, 1.54) is 5.06 Å². The van der Waals surface area contributed by atoms with E-state index >= 15 is 0 Å². The molecule has 0 saturated carbocycles. The van der Waals surface area contributed by atoms with Gasteiger partial charge < -0.3 is 5.21 Å². The molecule has 1 fully saturated rings. The van der Waals surface area contributed by atoms with E-state index in [0.29, 0.717) is 0 Å². The molecular weight excluding hydrogens is 54.0 g/mol. The number of rotatable bonds is 0. The number of nitrogens with zero attached hydrogens (tertiary/aromatic N) is 1. The minimum atomic E-state index is 0.875. The van der Waals surface area contributed by atoms with Crippen molar-refractivity contribution in [3.8, 4) is 0 Å². The molecule has 0 aromatic carbocycles. The van der Waals surface area contributed by atoms with Crippen LogP contribution >= 0.6 is 0 Å². The summed E-state index contributed by atoms with van der Waals surface area (Å²) in [6.07, 6.45) is 0. The lowest BCUT2D eigenvalue weighted by atomic mass is 11.0.